The van der Waals surface area contributed by atoms with Gasteiger partial charge in [0.1, 0.15) is 5.08 Å². The lowest BCUT2D eigenvalue weighted by atomic mass is 11.3. The second-order valence-corrected chi connectivity index (χ2v) is 8.26. The van der Waals surface area contributed by atoms with E-state index in [1.54, 1.807) is 0 Å². The highest BCUT2D eigenvalue weighted by Gasteiger charge is 2.17. The summed E-state index contributed by atoms with van der Waals surface area (Å²) in [6, 6.07) is 0. The van der Waals surface area contributed by atoms with Crippen molar-refractivity contribution in [2.75, 3.05) is 5.08 Å². The second kappa shape index (κ2) is 5.76. The highest BCUT2D eigenvalue weighted by molar-refractivity contribution is 8.03. The molecule has 2 atom stereocenters. The van der Waals surface area contributed by atoms with Gasteiger partial charge in [0.2, 0.25) is 19.2 Å². The predicted molar refractivity (Wildman–Crippen MR) is 67.5 cm³/mol. The summed E-state index contributed by atoms with van der Waals surface area (Å²) in [5, 5.41) is -0.0667. The molecule has 0 amide bonds. The molecule has 2 aromatic rings. The van der Waals surface area contributed by atoms with Gasteiger partial charge in [0.25, 0.3) is 0 Å². The topological polar surface area (TPSA) is 85.7 Å². The van der Waals surface area contributed by atoms with Crippen molar-refractivity contribution < 1.29 is 8.42 Å². The lowest BCUT2D eigenvalue weighted by Crippen LogP contribution is -2.05. The fourth-order valence-corrected chi connectivity index (χ4v) is 5.70. The summed E-state index contributed by atoms with van der Waals surface area (Å²) >= 11 is 12.8. The van der Waals surface area contributed by atoms with Crippen LogP contribution < -0.4 is 0 Å². The van der Waals surface area contributed by atoms with Crippen LogP contribution >= 0.6 is 46.3 Å². The van der Waals surface area contributed by atoms with Crippen molar-refractivity contribution >= 4 is 67.9 Å². The van der Waals surface area contributed by atoms with Gasteiger partial charge in [-0.1, -0.05) is 0 Å². The molecule has 2 aromatic heterocycles. The van der Waals surface area contributed by atoms with E-state index in [-0.39, 0.29) is 24.3 Å². The van der Waals surface area contributed by atoms with E-state index in [2.05, 4.69) is 18.7 Å². The van der Waals surface area contributed by atoms with Crippen LogP contribution in [0.25, 0.3) is 0 Å². The maximum Gasteiger partial charge on any atom is 0.235 e. The van der Waals surface area contributed by atoms with Crippen LogP contribution in [0.3, 0.4) is 0 Å². The van der Waals surface area contributed by atoms with E-state index >= 15 is 0 Å². The second-order valence-electron chi connectivity index (χ2n) is 2.47. The standard InChI is InChI=1S/C5H2Cl2N4O2S4/c6-2-8-4(14-10-2)16(12)1-17(13)5-9-3(7)11-15-5/h1H2/t16-,17-/m1/s1. The van der Waals surface area contributed by atoms with Gasteiger partial charge >= 0.3 is 0 Å². The van der Waals surface area contributed by atoms with Crippen molar-refractivity contribution in [1.82, 2.24) is 18.7 Å². The molecule has 12 heteroatoms. The van der Waals surface area contributed by atoms with Gasteiger partial charge in [0, 0.05) is 0 Å². The Kier molecular flexibility index (Phi) is 4.55. The Morgan fingerprint density at radius 1 is 0.941 bits per heavy atom. The zero-order chi connectivity index (χ0) is 12.4. The first-order chi connectivity index (χ1) is 8.06. The monoisotopic (exact) mass is 348 g/mol. The molecule has 2 heterocycles. The van der Waals surface area contributed by atoms with Crippen molar-refractivity contribution in [2.24, 2.45) is 0 Å². The number of nitrogens with zero attached hydrogens (tertiary/aromatic N) is 4. The Morgan fingerprint density at radius 3 is 1.65 bits per heavy atom. The first kappa shape index (κ1) is 13.4. The molecule has 0 fully saturated rings. The summed E-state index contributed by atoms with van der Waals surface area (Å²) < 4.78 is 31.3. The SMILES string of the molecule is O=[S@](C[S@@](=O)c1nc(Cl)ns1)c1nc(Cl)ns1. The van der Waals surface area contributed by atoms with Crippen LogP contribution in [-0.4, -0.2) is 32.2 Å². The van der Waals surface area contributed by atoms with Gasteiger partial charge in [0.05, 0.1) is 21.6 Å². The molecule has 0 aliphatic heterocycles. The number of aromatic nitrogens is 4. The molecule has 0 spiro atoms. The summed E-state index contributed by atoms with van der Waals surface area (Å²) in [6.45, 7) is 0. The summed E-state index contributed by atoms with van der Waals surface area (Å²) in [5.74, 6) is 0. The van der Waals surface area contributed by atoms with E-state index in [0.29, 0.717) is 0 Å². The minimum Gasteiger partial charge on any atom is -0.251 e. The maximum absolute atomic E-state index is 11.7. The third-order valence-corrected chi connectivity index (χ3v) is 7.17. The molecule has 0 aliphatic carbocycles. The molecule has 0 radical (unpaired) electrons. The summed E-state index contributed by atoms with van der Waals surface area (Å²) in [5.41, 5.74) is 0. The number of hydrogen-bond donors (Lipinski definition) is 0. The van der Waals surface area contributed by atoms with Crippen molar-refractivity contribution in [3.05, 3.63) is 10.6 Å². The summed E-state index contributed by atoms with van der Waals surface area (Å²) in [4.78, 5) is 7.48. The van der Waals surface area contributed by atoms with Crippen LogP contribution in [0.4, 0.5) is 0 Å². The normalized spacial score (nSPS) is 14.7. The molecule has 0 bridgehead atoms. The molecule has 17 heavy (non-hydrogen) atoms. The molecular weight excluding hydrogens is 347 g/mol. The van der Waals surface area contributed by atoms with E-state index < -0.39 is 21.6 Å². The number of rotatable bonds is 4. The van der Waals surface area contributed by atoms with Crippen LogP contribution in [0.1, 0.15) is 0 Å². The number of hydrogen-bond acceptors (Lipinski definition) is 8. The van der Waals surface area contributed by atoms with Gasteiger partial charge in [-0.2, -0.15) is 18.7 Å². The number of halogens is 2. The molecule has 0 aromatic carbocycles. The van der Waals surface area contributed by atoms with E-state index in [1.807, 2.05) is 0 Å². The molecule has 92 valence electrons. The molecule has 0 aliphatic rings. The van der Waals surface area contributed by atoms with Crippen LogP contribution in [0.5, 0.6) is 0 Å². The Balaban J connectivity index is 2.07. The van der Waals surface area contributed by atoms with E-state index in [0.717, 1.165) is 23.1 Å². The van der Waals surface area contributed by atoms with Gasteiger partial charge < -0.3 is 0 Å². The fraction of sp³-hybridized carbons (Fsp3) is 0.200. The van der Waals surface area contributed by atoms with Crippen LogP contribution in [0.2, 0.25) is 10.6 Å². The van der Waals surface area contributed by atoms with Crippen LogP contribution in [0.15, 0.2) is 8.68 Å². The molecule has 2 rings (SSSR count). The van der Waals surface area contributed by atoms with E-state index in [1.165, 1.54) is 0 Å². The fourth-order valence-electron chi connectivity index (χ4n) is 0.769. The largest absolute Gasteiger partial charge is 0.251 e. The van der Waals surface area contributed by atoms with Crippen molar-refractivity contribution in [2.45, 2.75) is 8.68 Å². The zero-order valence-corrected chi connectivity index (χ0v) is 12.5. The molecule has 0 unspecified atom stereocenters. The molecule has 0 saturated heterocycles. The lowest BCUT2D eigenvalue weighted by Gasteiger charge is -1.94. The van der Waals surface area contributed by atoms with Gasteiger partial charge in [-0.3, -0.25) is 8.42 Å². The third kappa shape index (κ3) is 3.48. The molecule has 0 saturated carbocycles. The first-order valence-electron chi connectivity index (χ1n) is 3.81. The summed E-state index contributed by atoms with van der Waals surface area (Å²) in [6.07, 6.45) is 0. The van der Waals surface area contributed by atoms with E-state index in [4.69, 9.17) is 23.2 Å². The Morgan fingerprint density at radius 2 is 1.35 bits per heavy atom. The molecular formula is C5H2Cl2N4O2S4. The average Bonchev–Trinajstić information content (AvgIpc) is 2.87. The molecule has 6 nitrogen and oxygen atoms in total. The van der Waals surface area contributed by atoms with Gasteiger partial charge in [-0.15, -0.1) is 0 Å². The third-order valence-electron chi connectivity index (χ3n) is 1.37. The predicted octanol–water partition coefficient (Wildman–Crippen LogP) is 1.57. The smallest absolute Gasteiger partial charge is 0.235 e. The van der Waals surface area contributed by atoms with Crippen molar-refractivity contribution in [1.29, 1.82) is 0 Å². The average molecular weight is 349 g/mol. The van der Waals surface area contributed by atoms with E-state index in [9.17, 15) is 8.42 Å². The zero-order valence-electron chi connectivity index (χ0n) is 7.70. The Labute approximate surface area is 119 Å². The quantitative estimate of drug-likeness (QED) is 0.833. The van der Waals surface area contributed by atoms with Crippen LogP contribution in [-0.2, 0) is 21.6 Å². The highest BCUT2D eigenvalue weighted by atomic mass is 35.5. The first-order valence-corrected chi connectivity index (χ1v) is 8.75. The van der Waals surface area contributed by atoms with Crippen LogP contribution in [0, 0.1) is 0 Å². The van der Waals surface area contributed by atoms with Gasteiger partial charge in [-0.05, 0) is 46.3 Å². The van der Waals surface area contributed by atoms with Crippen molar-refractivity contribution in [3.8, 4) is 0 Å². The molecule has 0 N–H and O–H groups in total. The highest BCUT2D eigenvalue weighted by Crippen LogP contribution is 2.18. The minimum atomic E-state index is -1.53. The van der Waals surface area contributed by atoms with Gasteiger partial charge in [-0.25, -0.2) is 0 Å². The Hall–Kier alpha value is -0.000000000000000194. The summed E-state index contributed by atoms with van der Waals surface area (Å²) in [7, 11) is -3.06. The Bertz CT molecular complexity index is 534. The van der Waals surface area contributed by atoms with Crippen molar-refractivity contribution in [3.63, 3.8) is 0 Å². The maximum atomic E-state index is 11.7. The lowest BCUT2D eigenvalue weighted by molar-refractivity contribution is 0.678. The van der Waals surface area contributed by atoms with Gasteiger partial charge in [0.15, 0.2) is 0 Å². The minimum absolute atomic E-state index is 0.0306.